The maximum absolute atomic E-state index is 13.9. The van der Waals surface area contributed by atoms with Gasteiger partial charge in [0, 0.05) is 45.0 Å². The molecule has 3 heterocycles. The minimum atomic E-state index is -0.381. The molecule has 0 unspecified atom stereocenters. The lowest BCUT2D eigenvalue weighted by atomic mass is 10.2. The van der Waals surface area contributed by atoms with Crippen LogP contribution in [0.2, 0.25) is 0 Å². The second kappa shape index (κ2) is 8.51. The zero-order chi connectivity index (χ0) is 20.4. The topological polar surface area (TPSA) is 66.8 Å². The lowest BCUT2D eigenvalue weighted by Crippen LogP contribution is -2.38. The molecule has 29 heavy (non-hydrogen) atoms. The third-order valence-electron chi connectivity index (χ3n) is 5.73. The summed E-state index contributed by atoms with van der Waals surface area (Å²) in [6.45, 7) is 5.35. The number of nitrogens with one attached hydrogen (secondary N) is 1. The van der Waals surface area contributed by atoms with E-state index in [0.29, 0.717) is 36.3 Å². The van der Waals surface area contributed by atoms with Gasteiger partial charge in [0.1, 0.15) is 11.5 Å². The van der Waals surface area contributed by atoms with Gasteiger partial charge in [0.15, 0.2) is 0 Å². The van der Waals surface area contributed by atoms with E-state index >= 15 is 0 Å². The molecule has 1 aromatic carbocycles. The fraction of sp³-hybridized carbons (Fsp3) is 0.524. The highest BCUT2D eigenvalue weighted by Gasteiger charge is 2.31. The Morgan fingerprint density at radius 3 is 2.76 bits per heavy atom. The molecule has 2 fully saturated rings. The van der Waals surface area contributed by atoms with Gasteiger partial charge in [-0.2, -0.15) is 0 Å². The van der Waals surface area contributed by atoms with E-state index in [4.69, 9.17) is 4.74 Å². The van der Waals surface area contributed by atoms with Gasteiger partial charge in [-0.15, -0.1) is 0 Å². The van der Waals surface area contributed by atoms with E-state index in [0.717, 1.165) is 51.2 Å². The zero-order valence-electron chi connectivity index (χ0n) is 16.7. The van der Waals surface area contributed by atoms with E-state index in [-0.39, 0.29) is 17.6 Å². The van der Waals surface area contributed by atoms with Crippen LogP contribution in [0.5, 0.6) is 0 Å². The summed E-state index contributed by atoms with van der Waals surface area (Å²) in [4.78, 5) is 29.4. The molecule has 4 rings (SSSR count). The Hall–Kier alpha value is -2.45. The third-order valence-corrected chi connectivity index (χ3v) is 5.73. The van der Waals surface area contributed by atoms with E-state index < -0.39 is 0 Å². The highest BCUT2D eigenvalue weighted by Crippen LogP contribution is 2.36. The van der Waals surface area contributed by atoms with Crippen molar-refractivity contribution in [3.63, 3.8) is 0 Å². The number of rotatable bonds is 6. The number of nitrogens with zero attached hydrogens (tertiary/aromatic N) is 3. The first-order valence-electron chi connectivity index (χ1n) is 10.2. The smallest absolute Gasteiger partial charge is 0.270 e. The number of halogens is 1. The number of benzene rings is 1. The van der Waals surface area contributed by atoms with Crippen LogP contribution in [-0.2, 0) is 16.6 Å². The summed E-state index contributed by atoms with van der Waals surface area (Å²) < 4.78 is 21.0. The normalized spacial score (nSPS) is 18.0. The van der Waals surface area contributed by atoms with E-state index in [2.05, 4.69) is 10.2 Å². The number of ether oxygens (including phenoxy) is 1. The standard InChI is InChI=1S/C21H27FN4O3/c1-24-17-6-5-15(22)14-16(17)19(26-9-2-4-18(26)27)20(24)21(28)23-7-3-8-25-10-12-29-13-11-25/h5-6,14H,2-4,7-13H2,1H3,(H,23,28). The molecule has 8 heteroatoms. The summed E-state index contributed by atoms with van der Waals surface area (Å²) in [5.74, 6) is -0.641. The number of amides is 2. The Labute approximate surface area is 169 Å². The number of hydrogen-bond acceptors (Lipinski definition) is 4. The minimum absolute atomic E-state index is 0.0249. The van der Waals surface area contributed by atoms with Gasteiger partial charge in [0.2, 0.25) is 5.91 Å². The number of aromatic nitrogens is 1. The molecule has 2 amide bonds. The molecule has 2 aliphatic rings. The van der Waals surface area contributed by atoms with Gasteiger partial charge in [-0.1, -0.05) is 0 Å². The van der Waals surface area contributed by atoms with Gasteiger partial charge < -0.3 is 19.5 Å². The molecule has 156 valence electrons. The van der Waals surface area contributed by atoms with E-state index in [1.165, 1.54) is 12.1 Å². The summed E-state index contributed by atoms with van der Waals surface area (Å²) in [5.41, 5.74) is 1.67. The fourth-order valence-electron chi connectivity index (χ4n) is 4.23. The second-order valence-electron chi connectivity index (χ2n) is 7.63. The number of morpholine rings is 1. The first-order chi connectivity index (χ1) is 14.1. The predicted octanol–water partition coefficient (Wildman–Crippen LogP) is 1.90. The first-order valence-corrected chi connectivity index (χ1v) is 10.2. The molecular formula is C21H27FN4O3. The molecule has 0 saturated carbocycles. The summed E-state index contributed by atoms with van der Waals surface area (Å²) >= 11 is 0. The van der Waals surface area contributed by atoms with Crippen LogP contribution in [-0.4, -0.2) is 67.2 Å². The molecule has 0 bridgehead atoms. The molecule has 0 spiro atoms. The predicted molar refractivity (Wildman–Crippen MR) is 109 cm³/mol. The van der Waals surface area contributed by atoms with Crippen molar-refractivity contribution in [1.29, 1.82) is 0 Å². The van der Waals surface area contributed by atoms with Crippen molar-refractivity contribution >= 4 is 28.4 Å². The van der Waals surface area contributed by atoms with Gasteiger partial charge in [-0.3, -0.25) is 14.5 Å². The van der Waals surface area contributed by atoms with Crippen molar-refractivity contribution in [3.8, 4) is 0 Å². The number of carbonyl (C=O) groups excluding carboxylic acids is 2. The van der Waals surface area contributed by atoms with Crippen LogP contribution in [0.4, 0.5) is 10.1 Å². The summed E-state index contributed by atoms with van der Waals surface area (Å²) in [6.07, 6.45) is 2.03. The second-order valence-corrected chi connectivity index (χ2v) is 7.63. The molecule has 7 nitrogen and oxygen atoms in total. The van der Waals surface area contributed by atoms with Crippen LogP contribution in [0.25, 0.3) is 10.9 Å². The molecule has 2 saturated heterocycles. The van der Waals surface area contributed by atoms with Crippen LogP contribution in [0.1, 0.15) is 29.8 Å². The largest absolute Gasteiger partial charge is 0.379 e. The van der Waals surface area contributed by atoms with Crippen molar-refractivity contribution in [3.05, 3.63) is 29.7 Å². The van der Waals surface area contributed by atoms with E-state index in [1.807, 2.05) is 0 Å². The van der Waals surface area contributed by atoms with Gasteiger partial charge in [-0.25, -0.2) is 4.39 Å². The Bertz CT molecular complexity index is 920. The summed E-state index contributed by atoms with van der Waals surface area (Å²) in [6, 6.07) is 4.44. The highest BCUT2D eigenvalue weighted by atomic mass is 19.1. The van der Waals surface area contributed by atoms with Crippen LogP contribution in [0, 0.1) is 5.82 Å². The van der Waals surface area contributed by atoms with Crippen LogP contribution in [0.3, 0.4) is 0 Å². The van der Waals surface area contributed by atoms with Gasteiger partial charge in [0.25, 0.3) is 5.91 Å². The van der Waals surface area contributed by atoms with Gasteiger partial charge in [-0.05, 0) is 37.6 Å². The first kappa shape index (κ1) is 19.8. The van der Waals surface area contributed by atoms with Gasteiger partial charge in [0.05, 0.1) is 24.4 Å². The van der Waals surface area contributed by atoms with Crippen molar-refractivity contribution < 1.29 is 18.7 Å². The number of anilines is 1. The Balaban J connectivity index is 1.54. The minimum Gasteiger partial charge on any atom is -0.379 e. The van der Waals surface area contributed by atoms with Crippen molar-refractivity contribution in [2.75, 3.05) is 50.8 Å². The number of fused-ring (bicyclic) bond motifs is 1. The van der Waals surface area contributed by atoms with Crippen LogP contribution >= 0.6 is 0 Å². The Morgan fingerprint density at radius 1 is 1.24 bits per heavy atom. The number of hydrogen-bond donors (Lipinski definition) is 1. The monoisotopic (exact) mass is 402 g/mol. The molecule has 1 N–H and O–H groups in total. The lowest BCUT2D eigenvalue weighted by molar-refractivity contribution is -0.117. The quantitative estimate of drug-likeness (QED) is 0.750. The van der Waals surface area contributed by atoms with E-state index in [9.17, 15) is 14.0 Å². The SMILES string of the molecule is Cn1c(C(=O)NCCCN2CCOCC2)c(N2CCCC2=O)c2cc(F)ccc21. The van der Waals surface area contributed by atoms with Crippen LogP contribution < -0.4 is 10.2 Å². The molecular weight excluding hydrogens is 375 g/mol. The van der Waals surface area contributed by atoms with E-state index in [1.54, 1.807) is 22.6 Å². The Morgan fingerprint density at radius 2 is 2.03 bits per heavy atom. The van der Waals surface area contributed by atoms with Crippen molar-refractivity contribution in [1.82, 2.24) is 14.8 Å². The fourth-order valence-corrected chi connectivity index (χ4v) is 4.23. The van der Waals surface area contributed by atoms with Gasteiger partial charge >= 0.3 is 0 Å². The maximum Gasteiger partial charge on any atom is 0.270 e. The summed E-state index contributed by atoms with van der Waals surface area (Å²) in [5, 5.41) is 3.58. The third kappa shape index (κ3) is 4.00. The molecule has 1 aromatic heterocycles. The van der Waals surface area contributed by atoms with Crippen molar-refractivity contribution in [2.24, 2.45) is 7.05 Å². The highest BCUT2D eigenvalue weighted by molar-refractivity contribution is 6.14. The lowest BCUT2D eigenvalue weighted by Gasteiger charge is -2.26. The van der Waals surface area contributed by atoms with Crippen LogP contribution in [0.15, 0.2) is 18.2 Å². The summed E-state index contributed by atoms with van der Waals surface area (Å²) in [7, 11) is 1.78. The molecule has 0 radical (unpaired) electrons. The molecule has 2 aliphatic heterocycles. The molecule has 2 aromatic rings. The Kier molecular flexibility index (Phi) is 5.82. The van der Waals surface area contributed by atoms with Crippen molar-refractivity contribution in [2.45, 2.75) is 19.3 Å². The average Bonchev–Trinajstić information content (AvgIpc) is 3.26. The molecule has 0 atom stereocenters. The number of carbonyl (C=O) groups is 2. The maximum atomic E-state index is 13.9. The zero-order valence-corrected chi connectivity index (χ0v) is 16.7. The molecule has 0 aliphatic carbocycles. The average molecular weight is 402 g/mol. The number of aryl methyl sites for hydroxylation is 1.